The lowest BCUT2D eigenvalue weighted by atomic mass is 10.0. The number of carbonyl (C=O) groups is 1. The molecule has 0 radical (unpaired) electrons. The van der Waals surface area contributed by atoms with Gasteiger partial charge in [-0.2, -0.15) is 0 Å². The van der Waals surface area contributed by atoms with Gasteiger partial charge in [-0.15, -0.1) is 0 Å². The summed E-state index contributed by atoms with van der Waals surface area (Å²) in [6, 6.07) is 0. The second-order valence-electron chi connectivity index (χ2n) is 2.47. The fraction of sp³-hybridized carbons (Fsp3) is 0.833. The van der Waals surface area contributed by atoms with Gasteiger partial charge in [0, 0.05) is 12.5 Å². The lowest BCUT2D eigenvalue weighted by molar-refractivity contribution is -0.128. The maximum Gasteiger partial charge on any atom is 0.246 e. The Bertz CT molecular complexity index is 131. The Kier molecular flexibility index (Phi) is 2.24. The third-order valence-electron chi connectivity index (χ3n) is 1.70. The molecule has 0 bridgehead atoms. The number of rotatable bonds is 2. The predicted molar refractivity (Wildman–Crippen MR) is 34.1 cm³/mol. The molecule has 0 spiro atoms. The highest BCUT2D eigenvalue weighted by Crippen LogP contribution is 2.15. The molecule has 0 unspecified atom stereocenters. The van der Waals surface area contributed by atoms with Gasteiger partial charge in [-0.1, -0.05) is 0 Å². The van der Waals surface area contributed by atoms with Crippen molar-refractivity contribution in [1.82, 2.24) is 0 Å². The van der Waals surface area contributed by atoms with Crippen LogP contribution in [-0.2, 0) is 9.53 Å². The first-order valence-corrected chi connectivity index (χ1v) is 3.27. The summed E-state index contributed by atoms with van der Waals surface area (Å²) in [5.74, 6) is -0.743. The quantitative estimate of drug-likeness (QED) is 0.516. The van der Waals surface area contributed by atoms with Crippen LogP contribution in [0.2, 0.25) is 0 Å². The number of hydrogen-bond donors (Lipinski definition) is 2. The van der Waals surface area contributed by atoms with Crippen LogP contribution in [0.4, 0.5) is 0 Å². The third kappa shape index (κ3) is 1.46. The number of carbonyl (C=O) groups excluding carboxylic acids is 1. The number of primary amides is 1. The van der Waals surface area contributed by atoms with Crippen LogP contribution in [0.3, 0.4) is 0 Å². The van der Waals surface area contributed by atoms with E-state index in [2.05, 4.69) is 0 Å². The number of amides is 1. The summed E-state index contributed by atoms with van der Waals surface area (Å²) >= 11 is 0. The highest BCUT2D eigenvalue weighted by molar-refractivity contribution is 5.78. The fourth-order valence-corrected chi connectivity index (χ4v) is 1.03. The van der Waals surface area contributed by atoms with Crippen LogP contribution >= 0.6 is 0 Å². The monoisotopic (exact) mass is 145 g/mol. The molecule has 1 heterocycles. The van der Waals surface area contributed by atoms with Gasteiger partial charge >= 0.3 is 0 Å². The zero-order valence-electron chi connectivity index (χ0n) is 5.62. The SMILES string of the molecule is NC(=O)[C@@H](O)[C@H]1CCOC1. The van der Waals surface area contributed by atoms with Crippen LogP contribution in [0.1, 0.15) is 6.42 Å². The van der Waals surface area contributed by atoms with E-state index >= 15 is 0 Å². The molecule has 2 atom stereocenters. The van der Waals surface area contributed by atoms with Crippen molar-refractivity contribution >= 4 is 5.91 Å². The normalized spacial score (nSPS) is 28.3. The molecule has 4 heteroatoms. The van der Waals surface area contributed by atoms with E-state index in [4.69, 9.17) is 15.6 Å². The first-order valence-electron chi connectivity index (χ1n) is 3.27. The summed E-state index contributed by atoms with van der Waals surface area (Å²) in [6.07, 6.45) is -0.299. The summed E-state index contributed by atoms with van der Waals surface area (Å²) in [7, 11) is 0. The molecule has 0 saturated carbocycles. The molecule has 1 amide bonds. The molecule has 1 rings (SSSR count). The van der Waals surface area contributed by atoms with Gasteiger partial charge in [-0.05, 0) is 6.42 Å². The van der Waals surface area contributed by atoms with Crippen LogP contribution in [-0.4, -0.2) is 30.3 Å². The molecular formula is C6H11NO3. The minimum absolute atomic E-state index is 0.0856. The molecule has 1 aliphatic rings. The first-order chi connectivity index (χ1) is 4.72. The lowest BCUT2D eigenvalue weighted by Crippen LogP contribution is -2.35. The van der Waals surface area contributed by atoms with Crippen molar-refractivity contribution in [3.8, 4) is 0 Å². The molecule has 4 nitrogen and oxygen atoms in total. The van der Waals surface area contributed by atoms with E-state index in [1.54, 1.807) is 0 Å². The standard InChI is InChI=1S/C6H11NO3/c7-6(9)5(8)4-1-2-10-3-4/h4-5,8H,1-3H2,(H2,7,9)/t4-,5-/m0/s1. The first kappa shape index (κ1) is 7.50. The molecule has 58 valence electrons. The second kappa shape index (κ2) is 2.98. The highest BCUT2D eigenvalue weighted by atomic mass is 16.5. The Morgan fingerprint density at radius 2 is 2.50 bits per heavy atom. The number of aliphatic hydroxyl groups is 1. The van der Waals surface area contributed by atoms with E-state index in [1.165, 1.54) is 0 Å². The van der Waals surface area contributed by atoms with Crippen molar-refractivity contribution < 1.29 is 14.6 Å². The van der Waals surface area contributed by atoms with E-state index < -0.39 is 12.0 Å². The van der Waals surface area contributed by atoms with E-state index in [1.807, 2.05) is 0 Å². The summed E-state index contributed by atoms with van der Waals surface area (Å²) < 4.78 is 4.96. The minimum Gasteiger partial charge on any atom is -0.383 e. The number of aliphatic hydroxyl groups excluding tert-OH is 1. The van der Waals surface area contributed by atoms with Crippen LogP contribution in [0, 0.1) is 5.92 Å². The Morgan fingerprint density at radius 3 is 2.90 bits per heavy atom. The van der Waals surface area contributed by atoms with Crippen LogP contribution in [0.15, 0.2) is 0 Å². The maximum absolute atomic E-state index is 10.4. The van der Waals surface area contributed by atoms with E-state index in [0.717, 1.165) is 6.42 Å². The van der Waals surface area contributed by atoms with Gasteiger partial charge < -0.3 is 15.6 Å². The van der Waals surface area contributed by atoms with Gasteiger partial charge in [0.05, 0.1) is 6.61 Å². The Labute approximate surface area is 59.0 Å². The topological polar surface area (TPSA) is 72.6 Å². The minimum atomic E-state index is -1.03. The van der Waals surface area contributed by atoms with Gasteiger partial charge in [0.1, 0.15) is 6.10 Å². The molecule has 0 aromatic heterocycles. The summed E-state index contributed by atoms with van der Waals surface area (Å²) in [5.41, 5.74) is 4.87. The molecule has 0 aliphatic carbocycles. The van der Waals surface area contributed by atoms with Crippen molar-refractivity contribution in [2.45, 2.75) is 12.5 Å². The van der Waals surface area contributed by atoms with Gasteiger partial charge in [0.2, 0.25) is 5.91 Å². The van der Waals surface area contributed by atoms with Crippen molar-refractivity contribution in [3.63, 3.8) is 0 Å². The molecule has 0 aromatic carbocycles. The zero-order chi connectivity index (χ0) is 7.56. The average Bonchev–Trinajstić information content (AvgIpc) is 2.36. The van der Waals surface area contributed by atoms with E-state index in [0.29, 0.717) is 13.2 Å². The molecule has 1 saturated heterocycles. The Morgan fingerprint density at radius 1 is 1.80 bits per heavy atom. The maximum atomic E-state index is 10.4. The fourth-order valence-electron chi connectivity index (χ4n) is 1.03. The third-order valence-corrected chi connectivity index (χ3v) is 1.70. The molecule has 0 aromatic rings. The van der Waals surface area contributed by atoms with Crippen molar-refractivity contribution in [3.05, 3.63) is 0 Å². The van der Waals surface area contributed by atoms with Crippen LogP contribution < -0.4 is 5.73 Å². The predicted octanol–water partition coefficient (Wildman–Crippen LogP) is -1.13. The zero-order valence-corrected chi connectivity index (χ0v) is 5.62. The number of nitrogens with two attached hydrogens (primary N) is 1. The molecular weight excluding hydrogens is 134 g/mol. The van der Waals surface area contributed by atoms with Crippen molar-refractivity contribution in [2.75, 3.05) is 13.2 Å². The average molecular weight is 145 g/mol. The summed E-state index contributed by atoms with van der Waals surface area (Å²) in [6.45, 7) is 1.07. The molecule has 1 fully saturated rings. The smallest absolute Gasteiger partial charge is 0.246 e. The molecule has 10 heavy (non-hydrogen) atoms. The Hall–Kier alpha value is -0.610. The lowest BCUT2D eigenvalue weighted by Gasteiger charge is -2.11. The van der Waals surface area contributed by atoms with Gasteiger partial charge in [0.15, 0.2) is 0 Å². The molecule has 1 aliphatic heterocycles. The van der Waals surface area contributed by atoms with E-state index in [-0.39, 0.29) is 5.92 Å². The van der Waals surface area contributed by atoms with Crippen molar-refractivity contribution in [2.24, 2.45) is 11.7 Å². The summed E-state index contributed by atoms with van der Waals surface area (Å²) in [5, 5.41) is 9.07. The van der Waals surface area contributed by atoms with Crippen molar-refractivity contribution in [1.29, 1.82) is 0 Å². The number of hydrogen-bond acceptors (Lipinski definition) is 3. The van der Waals surface area contributed by atoms with Gasteiger partial charge in [-0.3, -0.25) is 4.79 Å². The van der Waals surface area contributed by atoms with Gasteiger partial charge in [0.25, 0.3) is 0 Å². The number of ether oxygens (including phenoxy) is 1. The van der Waals surface area contributed by atoms with Crippen LogP contribution in [0.5, 0.6) is 0 Å². The Balaban J connectivity index is 2.39. The highest BCUT2D eigenvalue weighted by Gasteiger charge is 2.27. The van der Waals surface area contributed by atoms with Crippen LogP contribution in [0.25, 0.3) is 0 Å². The second-order valence-corrected chi connectivity index (χ2v) is 2.47. The molecule has 3 N–H and O–H groups in total. The largest absolute Gasteiger partial charge is 0.383 e. The van der Waals surface area contributed by atoms with Gasteiger partial charge in [-0.25, -0.2) is 0 Å². The van der Waals surface area contributed by atoms with E-state index in [9.17, 15) is 4.79 Å². The summed E-state index contributed by atoms with van der Waals surface area (Å²) in [4.78, 5) is 10.4.